The molecule has 0 spiro atoms. The smallest absolute Gasteiger partial charge is 0.422 e. The van der Waals surface area contributed by atoms with Gasteiger partial charge in [0.2, 0.25) is 0 Å². The highest BCUT2D eigenvalue weighted by molar-refractivity contribution is 6.06. The number of rotatable bonds is 5. The van der Waals surface area contributed by atoms with Crippen LogP contribution in [-0.4, -0.2) is 18.6 Å². The topological polar surface area (TPSA) is 26.3 Å². The maximum Gasteiger partial charge on any atom is 0.422 e. The van der Waals surface area contributed by atoms with E-state index in [2.05, 4.69) is 4.74 Å². The first-order chi connectivity index (χ1) is 10.8. The Hall–Kier alpha value is -2.63. The van der Waals surface area contributed by atoms with Crippen molar-refractivity contribution < 1.29 is 27.1 Å². The van der Waals surface area contributed by atoms with E-state index in [1.165, 1.54) is 54.6 Å². The normalized spacial score (nSPS) is 11.7. The minimum Gasteiger partial charge on any atom is -0.484 e. The van der Waals surface area contributed by atoms with Gasteiger partial charge in [-0.05, 0) is 35.9 Å². The van der Waals surface area contributed by atoms with Crippen LogP contribution in [0.25, 0.3) is 6.08 Å². The number of halogens is 4. The summed E-state index contributed by atoms with van der Waals surface area (Å²) in [5.74, 6) is -0.798. The summed E-state index contributed by atoms with van der Waals surface area (Å²) in [7, 11) is 0. The molecule has 0 aliphatic rings. The zero-order valence-corrected chi connectivity index (χ0v) is 11.8. The minimum atomic E-state index is -4.39. The van der Waals surface area contributed by atoms with Gasteiger partial charge in [-0.2, -0.15) is 13.2 Å². The van der Waals surface area contributed by atoms with Crippen molar-refractivity contribution in [3.05, 3.63) is 71.6 Å². The molecule has 0 saturated carbocycles. The van der Waals surface area contributed by atoms with E-state index in [1.54, 1.807) is 0 Å². The summed E-state index contributed by atoms with van der Waals surface area (Å²) in [4.78, 5) is 11.8. The second kappa shape index (κ2) is 7.09. The molecule has 0 unspecified atom stereocenters. The Morgan fingerprint density at radius 1 is 1.09 bits per heavy atom. The molecule has 0 atom stereocenters. The summed E-state index contributed by atoms with van der Waals surface area (Å²) in [6.45, 7) is -1.36. The lowest BCUT2D eigenvalue weighted by atomic mass is 10.1. The van der Waals surface area contributed by atoms with E-state index in [-0.39, 0.29) is 17.1 Å². The molecule has 2 aromatic rings. The molecule has 0 aliphatic heterocycles. The van der Waals surface area contributed by atoms with Crippen LogP contribution in [0.4, 0.5) is 17.6 Å². The fourth-order valence-corrected chi connectivity index (χ4v) is 1.75. The zero-order valence-electron chi connectivity index (χ0n) is 11.8. The van der Waals surface area contributed by atoms with Crippen molar-refractivity contribution in [3.8, 4) is 5.75 Å². The Kier molecular flexibility index (Phi) is 5.16. The van der Waals surface area contributed by atoms with E-state index >= 15 is 0 Å². The quantitative estimate of drug-likeness (QED) is 0.454. The highest BCUT2D eigenvalue weighted by Crippen LogP contribution is 2.19. The lowest BCUT2D eigenvalue weighted by molar-refractivity contribution is -0.153. The molecule has 0 aliphatic carbocycles. The lowest BCUT2D eigenvalue weighted by Gasteiger charge is -2.08. The van der Waals surface area contributed by atoms with Crippen LogP contribution in [0.2, 0.25) is 0 Å². The SMILES string of the molecule is O=C(C=Cc1ccc(OCC(F)(F)F)cc1)c1cccc(F)c1. The van der Waals surface area contributed by atoms with Gasteiger partial charge >= 0.3 is 6.18 Å². The van der Waals surface area contributed by atoms with Crippen molar-refractivity contribution in [2.75, 3.05) is 6.61 Å². The first-order valence-corrected chi connectivity index (χ1v) is 6.61. The van der Waals surface area contributed by atoms with Gasteiger partial charge in [-0.3, -0.25) is 4.79 Å². The molecule has 2 nitrogen and oxygen atoms in total. The van der Waals surface area contributed by atoms with Gasteiger partial charge in [-0.1, -0.05) is 30.3 Å². The van der Waals surface area contributed by atoms with E-state index in [0.717, 1.165) is 6.07 Å². The summed E-state index contributed by atoms with van der Waals surface area (Å²) in [6, 6.07) is 11.1. The average molecular weight is 324 g/mol. The average Bonchev–Trinajstić information content (AvgIpc) is 2.51. The van der Waals surface area contributed by atoms with Gasteiger partial charge in [0.25, 0.3) is 0 Å². The van der Waals surface area contributed by atoms with Gasteiger partial charge in [0.15, 0.2) is 12.4 Å². The Bertz CT molecular complexity index is 703. The van der Waals surface area contributed by atoms with Crippen LogP contribution < -0.4 is 4.74 Å². The molecule has 0 heterocycles. The maximum absolute atomic E-state index is 13.0. The van der Waals surface area contributed by atoms with E-state index < -0.39 is 18.6 Å². The van der Waals surface area contributed by atoms with Crippen LogP contribution in [0.5, 0.6) is 5.75 Å². The molecule has 2 rings (SSSR count). The molecular weight excluding hydrogens is 312 g/mol. The third-order valence-electron chi connectivity index (χ3n) is 2.82. The Labute approximate surface area is 130 Å². The third kappa shape index (κ3) is 5.58. The first kappa shape index (κ1) is 16.7. The number of allylic oxidation sites excluding steroid dienone is 1. The summed E-state index contributed by atoms with van der Waals surface area (Å²) in [6.07, 6.45) is -1.64. The largest absolute Gasteiger partial charge is 0.484 e. The van der Waals surface area contributed by atoms with E-state index in [4.69, 9.17) is 0 Å². The van der Waals surface area contributed by atoms with Gasteiger partial charge in [0.1, 0.15) is 11.6 Å². The standard InChI is InChI=1S/C17H12F4O2/c18-14-3-1-2-13(10-14)16(22)9-6-12-4-7-15(8-5-12)23-11-17(19,20)21/h1-10H,11H2. The number of hydrogen-bond acceptors (Lipinski definition) is 2. The Morgan fingerprint density at radius 3 is 2.39 bits per heavy atom. The van der Waals surface area contributed by atoms with Crippen molar-refractivity contribution in [2.24, 2.45) is 0 Å². The van der Waals surface area contributed by atoms with Crippen molar-refractivity contribution >= 4 is 11.9 Å². The van der Waals surface area contributed by atoms with Gasteiger partial charge < -0.3 is 4.74 Å². The number of hydrogen-bond donors (Lipinski definition) is 0. The summed E-state index contributed by atoms with van der Waals surface area (Å²) in [5.41, 5.74) is 0.820. The van der Waals surface area contributed by atoms with Gasteiger partial charge in [0.05, 0.1) is 0 Å². The van der Waals surface area contributed by atoms with Crippen molar-refractivity contribution in [2.45, 2.75) is 6.18 Å². The van der Waals surface area contributed by atoms with Gasteiger partial charge in [-0.15, -0.1) is 0 Å². The highest BCUT2D eigenvalue weighted by Gasteiger charge is 2.28. The monoisotopic (exact) mass is 324 g/mol. The van der Waals surface area contributed by atoms with Crippen molar-refractivity contribution in [1.29, 1.82) is 0 Å². The maximum atomic E-state index is 13.0. The second-order valence-corrected chi connectivity index (χ2v) is 4.68. The molecule has 120 valence electrons. The second-order valence-electron chi connectivity index (χ2n) is 4.68. The number of ketones is 1. The number of alkyl halides is 3. The lowest BCUT2D eigenvalue weighted by Crippen LogP contribution is -2.19. The summed E-state index contributed by atoms with van der Waals surface area (Å²) < 4.78 is 53.7. The molecule has 0 fully saturated rings. The van der Waals surface area contributed by atoms with Crippen LogP contribution in [0, 0.1) is 5.82 Å². The number of carbonyl (C=O) groups excluding carboxylic acids is 1. The van der Waals surface area contributed by atoms with Gasteiger partial charge in [0, 0.05) is 5.56 Å². The molecule has 23 heavy (non-hydrogen) atoms. The van der Waals surface area contributed by atoms with Crippen LogP contribution in [0.1, 0.15) is 15.9 Å². The van der Waals surface area contributed by atoms with Gasteiger partial charge in [-0.25, -0.2) is 4.39 Å². The molecule has 0 amide bonds. The van der Waals surface area contributed by atoms with Crippen molar-refractivity contribution in [1.82, 2.24) is 0 Å². The predicted octanol–water partition coefficient (Wildman–Crippen LogP) is 4.66. The predicted molar refractivity (Wildman–Crippen MR) is 77.8 cm³/mol. The minimum absolute atomic E-state index is 0.0796. The molecule has 6 heteroatoms. The van der Waals surface area contributed by atoms with E-state index in [9.17, 15) is 22.4 Å². The molecule has 0 aromatic heterocycles. The number of carbonyl (C=O) groups is 1. The Balaban J connectivity index is 1.99. The summed E-state index contributed by atoms with van der Waals surface area (Å²) in [5, 5.41) is 0. The zero-order chi connectivity index (χ0) is 16.9. The van der Waals surface area contributed by atoms with Crippen molar-refractivity contribution in [3.63, 3.8) is 0 Å². The molecule has 0 radical (unpaired) electrons. The first-order valence-electron chi connectivity index (χ1n) is 6.61. The molecule has 0 saturated heterocycles. The fourth-order valence-electron chi connectivity index (χ4n) is 1.75. The van der Waals surface area contributed by atoms with Crippen LogP contribution in [0.3, 0.4) is 0 Å². The fraction of sp³-hybridized carbons (Fsp3) is 0.118. The Morgan fingerprint density at radius 2 is 1.78 bits per heavy atom. The summed E-state index contributed by atoms with van der Waals surface area (Å²) >= 11 is 0. The third-order valence-corrected chi connectivity index (χ3v) is 2.82. The van der Waals surface area contributed by atoms with Crippen LogP contribution >= 0.6 is 0 Å². The molecule has 0 bridgehead atoms. The van der Waals surface area contributed by atoms with E-state index in [1.807, 2.05) is 0 Å². The number of benzene rings is 2. The molecule has 2 aromatic carbocycles. The molecular formula is C17H12F4O2. The van der Waals surface area contributed by atoms with E-state index in [0.29, 0.717) is 5.56 Å². The van der Waals surface area contributed by atoms with Crippen LogP contribution in [-0.2, 0) is 0 Å². The number of ether oxygens (including phenoxy) is 1. The highest BCUT2D eigenvalue weighted by atomic mass is 19.4. The van der Waals surface area contributed by atoms with Crippen LogP contribution in [0.15, 0.2) is 54.6 Å². The molecule has 0 N–H and O–H groups in total.